The van der Waals surface area contributed by atoms with Gasteiger partial charge in [-0.05, 0) is 29.8 Å². The van der Waals surface area contributed by atoms with E-state index in [1.165, 1.54) is 4.57 Å². The number of ether oxygens (including phenoxy) is 1. The minimum absolute atomic E-state index is 0.145. The molecule has 0 radical (unpaired) electrons. The Labute approximate surface area is 218 Å². The van der Waals surface area contributed by atoms with E-state index < -0.39 is 0 Å². The number of nitrogens with zero attached hydrogens (tertiary/aromatic N) is 4. The lowest BCUT2D eigenvalue weighted by atomic mass is 10.0. The second kappa shape index (κ2) is 9.97. The van der Waals surface area contributed by atoms with E-state index in [2.05, 4.69) is 10.4 Å². The van der Waals surface area contributed by atoms with Crippen LogP contribution in [0.4, 0.5) is 0 Å². The average Bonchev–Trinajstić information content (AvgIpc) is 3.31. The molecule has 36 heavy (non-hydrogen) atoms. The van der Waals surface area contributed by atoms with Crippen LogP contribution >= 0.6 is 23.2 Å². The van der Waals surface area contributed by atoms with E-state index in [0.29, 0.717) is 57.3 Å². The first kappa shape index (κ1) is 24.4. The predicted molar refractivity (Wildman–Crippen MR) is 141 cm³/mol. The molecule has 0 aliphatic carbocycles. The van der Waals surface area contributed by atoms with Crippen LogP contribution in [0.25, 0.3) is 22.0 Å². The van der Waals surface area contributed by atoms with Crippen LogP contribution in [0.5, 0.6) is 5.75 Å². The molecule has 186 valence electrons. The number of amides is 1. The van der Waals surface area contributed by atoms with Gasteiger partial charge >= 0.3 is 0 Å². The average molecular weight is 526 g/mol. The van der Waals surface area contributed by atoms with Crippen LogP contribution < -0.4 is 15.6 Å². The Balaban J connectivity index is 1.56. The summed E-state index contributed by atoms with van der Waals surface area (Å²) in [6, 6.07) is 10.9. The number of benzene rings is 2. The lowest BCUT2D eigenvalue weighted by Crippen LogP contribution is -2.46. The Hall–Kier alpha value is -3.33. The molecule has 0 spiro atoms. The lowest BCUT2D eigenvalue weighted by molar-refractivity contribution is 0.0736. The number of nitrogens with one attached hydrogen (secondary N) is 1. The molecule has 0 atom stereocenters. The van der Waals surface area contributed by atoms with Crippen molar-refractivity contribution in [1.82, 2.24) is 24.6 Å². The van der Waals surface area contributed by atoms with Gasteiger partial charge in [0.1, 0.15) is 11.3 Å². The molecule has 0 unspecified atom stereocenters. The smallest absolute Gasteiger partial charge is 0.276 e. The maximum absolute atomic E-state index is 13.1. The normalized spacial score (nSPS) is 13.8. The highest BCUT2D eigenvalue weighted by Crippen LogP contribution is 2.36. The standard InChI is InChI=1S/C26H25Cl2N5O3/c1-31-15-21(18-11-23(28)19(12-22(18)27)25(34)32-9-7-29-8-10-32)20-13-30-33(24(20)26(31)35)14-16-3-5-17(36-2)6-4-16/h3-6,11-13,15,29H,7-10,14H2,1-2H3. The second-order valence-corrected chi connectivity index (χ2v) is 9.54. The summed E-state index contributed by atoms with van der Waals surface area (Å²) in [5, 5.41) is 9.09. The molecular formula is C26H25Cl2N5O3. The van der Waals surface area contributed by atoms with Crippen LogP contribution in [-0.4, -0.2) is 58.4 Å². The number of piperazine rings is 1. The van der Waals surface area contributed by atoms with Gasteiger partial charge < -0.3 is 19.5 Å². The van der Waals surface area contributed by atoms with Gasteiger partial charge in [0.25, 0.3) is 11.5 Å². The van der Waals surface area contributed by atoms with E-state index in [-0.39, 0.29) is 11.5 Å². The number of rotatable bonds is 5. The molecule has 1 saturated heterocycles. The molecule has 3 heterocycles. The van der Waals surface area contributed by atoms with E-state index >= 15 is 0 Å². The van der Waals surface area contributed by atoms with Crippen molar-refractivity contribution in [2.45, 2.75) is 6.54 Å². The molecule has 4 aromatic rings. The number of hydrogen-bond donors (Lipinski definition) is 1. The summed E-state index contributed by atoms with van der Waals surface area (Å²) in [6.45, 7) is 3.13. The molecule has 2 aromatic carbocycles. The lowest BCUT2D eigenvalue weighted by Gasteiger charge is -2.28. The summed E-state index contributed by atoms with van der Waals surface area (Å²) in [5.41, 5.74) is 2.96. The van der Waals surface area contributed by atoms with Gasteiger partial charge in [0.05, 0.1) is 30.4 Å². The fourth-order valence-corrected chi connectivity index (χ4v) is 5.00. The molecule has 1 N–H and O–H groups in total. The van der Waals surface area contributed by atoms with Crippen molar-refractivity contribution >= 4 is 40.0 Å². The van der Waals surface area contributed by atoms with Gasteiger partial charge in [-0.1, -0.05) is 35.3 Å². The fraction of sp³-hybridized carbons (Fsp3) is 0.269. The van der Waals surface area contributed by atoms with E-state index in [0.717, 1.165) is 24.4 Å². The van der Waals surface area contributed by atoms with Gasteiger partial charge in [-0.2, -0.15) is 5.10 Å². The zero-order valence-corrected chi connectivity index (χ0v) is 21.4. The van der Waals surface area contributed by atoms with Crippen molar-refractivity contribution in [2.75, 3.05) is 33.3 Å². The van der Waals surface area contributed by atoms with Crippen LogP contribution in [-0.2, 0) is 13.6 Å². The molecule has 2 aromatic heterocycles. The monoisotopic (exact) mass is 525 g/mol. The van der Waals surface area contributed by atoms with Gasteiger partial charge in [0.15, 0.2) is 0 Å². The van der Waals surface area contributed by atoms with Gasteiger partial charge in [0.2, 0.25) is 0 Å². The highest BCUT2D eigenvalue weighted by molar-refractivity contribution is 6.38. The highest BCUT2D eigenvalue weighted by atomic mass is 35.5. The van der Waals surface area contributed by atoms with Crippen LogP contribution in [0.1, 0.15) is 15.9 Å². The Morgan fingerprint density at radius 1 is 1.08 bits per heavy atom. The SMILES string of the molecule is COc1ccc(Cn2ncc3c(-c4cc(Cl)c(C(=O)N5CCNCC5)cc4Cl)cn(C)c(=O)c32)cc1. The van der Waals surface area contributed by atoms with E-state index in [1.54, 1.807) is 48.3 Å². The molecule has 5 rings (SSSR count). The van der Waals surface area contributed by atoms with Crippen LogP contribution in [0.15, 0.2) is 53.6 Å². The molecular weight excluding hydrogens is 501 g/mol. The van der Waals surface area contributed by atoms with Crippen molar-refractivity contribution in [3.05, 3.63) is 80.3 Å². The highest BCUT2D eigenvalue weighted by Gasteiger charge is 2.23. The zero-order valence-electron chi connectivity index (χ0n) is 19.9. The summed E-state index contributed by atoms with van der Waals surface area (Å²) < 4.78 is 8.42. The van der Waals surface area contributed by atoms with E-state index in [4.69, 9.17) is 27.9 Å². The number of fused-ring (bicyclic) bond motifs is 1. The van der Waals surface area contributed by atoms with Crippen molar-refractivity contribution < 1.29 is 9.53 Å². The number of halogens is 2. The summed E-state index contributed by atoms with van der Waals surface area (Å²) in [5.74, 6) is 0.612. The molecule has 1 fully saturated rings. The largest absolute Gasteiger partial charge is 0.497 e. The van der Waals surface area contributed by atoms with Gasteiger partial charge in [-0.25, -0.2) is 0 Å². The first-order chi connectivity index (χ1) is 17.4. The second-order valence-electron chi connectivity index (χ2n) is 8.73. The molecule has 1 amide bonds. The minimum Gasteiger partial charge on any atom is -0.497 e. The maximum Gasteiger partial charge on any atom is 0.276 e. The number of aromatic nitrogens is 3. The molecule has 1 aliphatic heterocycles. The first-order valence-electron chi connectivity index (χ1n) is 11.5. The summed E-state index contributed by atoms with van der Waals surface area (Å²) in [4.78, 5) is 27.9. The van der Waals surface area contributed by atoms with Gasteiger partial charge in [-0.15, -0.1) is 0 Å². The number of pyridine rings is 1. The Morgan fingerprint density at radius 2 is 1.81 bits per heavy atom. The van der Waals surface area contributed by atoms with Crippen molar-refractivity contribution in [3.63, 3.8) is 0 Å². The molecule has 0 saturated carbocycles. The maximum atomic E-state index is 13.1. The summed E-state index contributed by atoms with van der Waals surface area (Å²) in [6.07, 6.45) is 3.39. The van der Waals surface area contributed by atoms with Crippen molar-refractivity contribution in [3.8, 4) is 16.9 Å². The van der Waals surface area contributed by atoms with Crippen LogP contribution in [0, 0.1) is 0 Å². The Bertz CT molecular complexity index is 1510. The van der Waals surface area contributed by atoms with E-state index in [1.807, 2.05) is 24.3 Å². The van der Waals surface area contributed by atoms with Gasteiger partial charge in [0, 0.05) is 61.0 Å². The number of aryl methyl sites for hydroxylation is 1. The number of methoxy groups -OCH3 is 1. The number of hydrogen-bond acceptors (Lipinski definition) is 5. The number of carbonyl (C=O) groups is 1. The molecule has 8 nitrogen and oxygen atoms in total. The molecule has 10 heteroatoms. The molecule has 1 aliphatic rings. The van der Waals surface area contributed by atoms with Crippen molar-refractivity contribution in [1.29, 1.82) is 0 Å². The number of carbonyl (C=O) groups excluding carboxylic acids is 1. The minimum atomic E-state index is -0.174. The topological polar surface area (TPSA) is 81.4 Å². The third-order valence-corrected chi connectivity index (χ3v) is 7.07. The molecule has 0 bridgehead atoms. The fourth-order valence-electron chi connectivity index (χ4n) is 4.49. The first-order valence-corrected chi connectivity index (χ1v) is 12.3. The van der Waals surface area contributed by atoms with Gasteiger partial charge in [-0.3, -0.25) is 14.3 Å². The zero-order chi connectivity index (χ0) is 25.4. The van der Waals surface area contributed by atoms with Crippen LogP contribution in [0.3, 0.4) is 0 Å². The Kier molecular flexibility index (Phi) is 6.75. The summed E-state index contributed by atoms with van der Waals surface area (Å²) >= 11 is 13.3. The third kappa shape index (κ3) is 4.48. The quantitative estimate of drug-likeness (QED) is 0.428. The summed E-state index contributed by atoms with van der Waals surface area (Å²) in [7, 11) is 3.31. The van der Waals surface area contributed by atoms with E-state index in [9.17, 15) is 9.59 Å². The Morgan fingerprint density at radius 3 is 2.50 bits per heavy atom. The predicted octanol–water partition coefficient (Wildman–Crippen LogP) is 3.81. The third-order valence-electron chi connectivity index (χ3n) is 6.45. The van der Waals surface area contributed by atoms with Crippen molar-refractivity contribution in [2.24, 2.45) is 7.05 Å². The van der Waals surface area contributed by atoms with Crippen LogP contribution in [0.2, 0.25) is 10.0 Å².